The van der Waals surface area contributed by atoms with Gasteiger partial charge in [-0.15, -0.1) is 0 Å². The first kappa shape index (κ1) is 15.2. The van der Waals surface area contributed by atoms with E-state index in [0.29, 0.717) is 32.4 Å². The number of carbonyl (C=O) groups is 3. The molecule has 1 aliphatic rings. The fraction of sp³-hybridized carbons (Fsp3) is 0.615. The minimum Gasteiger partial charge on any atom is -0.481 e. The zero-order valence-electron chi connectivity index (χ0n) is 10.9. The van der Waals surface area contributed by atoms with Crippen molar-refractivity contribution in [2.24, 2.45) is 0 Å². The van der Waals surface area contributed by atoms with Gasteiger partial charge in [-0.1, -0.05) is 6.08 Å². The summed E-state index contributed by atoms with van der Waals surface area (Å²) in [4.78, 5) is 34.7. The van der Waals surface area contributed by atoms with Gasteiger partial charge in [0, 0.05) is 32.5 Å². The van der Waals surface area contributed by atoms with Crippen LogP contribution >= 0.6 is 0 Å². The number of aliphatic carboxylic acids is 1. The Morgan fingerprint density at radius 3 is 2.84 bits per heavy atom. The van der Waals surface area contributed by atoms with Gasteiger partial charge < -0.3 is 15.3 Å². The van der Waals surface area contributed by atoms with E-state index in [1.807, 2.05) is 0 Å². The summed E-state index contributed by atoms with van der Waals surface area (Å²) >= 11 is 0. The highest BCUT2D eigenvalue weighted by Gasteiger charge is 2.19. The van der Waals surface area contributed by atoms with Gasteiger partial charge in [-0.2, -0.15) is 0 Å². The Bertz CT molecular complexity index is 366. The summed E-state index contributed by atoms with van der Waals surface area (Å²) < 4.78 is 0. The van der Waals surface area contributed by atoms with Gasteiger partial charge in [0.05, 0.1) is 0 Å². The Morgan fingerprint density at radius 1 is 1.42 bits per heavy atom. The number of carbonyl (C=O) groups excluding carboxylic acids is 2. The van der Waals surface area contributed by atoms with Gasteiger partial charge in [0.1, 0.15) is 0 Å². The molecule has 106 valence electrons. The maximum absolute atomic E-state index is 11.4. The van der Waals surface area contributed by atoms with Crippen LogP contribution in [0.5, 0.6) is 0 Å². The van der Waals surface area contributed by atoms with E-state index in [9.17, 15) is 14.4 Å². The zero-order chi connectivity index (χ0) is 14.1. The topological polar surface area (TPSA) is 86.7 Å². The van der Waals surface area contributed by atoms with Gasteiger partial charge in [-0.05, 0) is 25.3 Å². The molecule has 0 atom stereocenters. The lowest BCUT2D eigenvalue weighted by Crippen LogP contribution is -2.34. The summed E-state index contributed by atoms with van der Waals surface area (Å²) in [6.07, 6.45) is 5.80. The Kier molecular flexibility index (Phi) is 6.63. The Hall–Kier alpha value is -1.85. The highest BCUT2D eigenvalue weighted by atomic mass is 16.4. The number of amides is 2. The first-order chi connectivity index (χ1) is 9.09. The molecule has 0 aromatic rings. The normalized spacial score (nSPS) is 15.2. The Balaban J connectivity index is 2.05. The van der Waals surface area contributed by atoms with Crippen molar-refractivity contribution in [2.45, 2.75) is 32.1 Å². The van der Waals surface area contributed by atoms with Crippen molar-refractivity contribution < 1.29 is 19.5 Å². The third-order valence-electron chi connectivity index (χ3n) is 2.88. The van der Waals surface area contributed by atoms with Gasteiger partial charge in [-0.25, -0.2) is 0 Å². The molecule has 0 aromatic carbocycles. The number of rotatable bonds is 8. The minimum atomic E-state index is -0.826. The van der Waals surface area contributed by atoms with Gasteiger partial charge in [0.25, 0.3) is 0 Å². The first-order valence-corrected chi connectivity index (χ1v) is 6.53. The number of nitrogens with zero attached hydrogens (tertiary/aromatic N) is 1. The summed E-state index contributed by atoms with van der Waals surface area (Å²) in [5, 5.41) is 11.1. The number of allylic oxidation sites excluding steroid dienone is 1. The van der Waals surface area contributed by atoms with E-state index in [1.165, 1.54) is 6.08 Å². The molecular weight excluding hydrogens is 248 g/mol. The fourth-order valence-corrected chi connectivity index (χ4v) is 1.87. The van der Waals surface area contributed by atoms with Gasteiger partial charge in [0.15, 0.2) is 0 Å². The van der Waals surface area contributed by atoms with Crippen molar-refractivity contribution in [1.29, 1.82) is 0 Å². The molecule has 0 aromatic heterocycles. The van der Waals surface area contributed by atoms with E-state index < -0.39 is 5.97 Å². The van der Waals surface area contributed by atoms with Crippen molar-refractivity contribution >= 4 is 17.8 Å². The quantitative estimate of drug-likeness (QED) is 0.497. The standard InChI is InChI=1S/C13H20N2O4/c16-11(5-2-1-3-7-13(18)19)14-8-10-15-9-4-6-12(15)17/h2,5H,1,3-4,6-10H2,(H,14,16)(H,18,19)/b5-2-. The highest BCUT2D eigenvalue weighted by molar-refractivity contribution is 5.87. The fourth-order valence-electron chi connectivity index (χ4n) is 1.87. The summed E-state index contributed by atoms with van der Waals surface area (Å²) in [6.45, 7) is 1.78. The van der Waals surface area contributed by atoms with E-state index in [0.717, 1.165) is 13.0 Å². The van der Waals surface area contributed by atoms with Crippen LogP contribution in [0, 0.1) is 0 Å². The van der Waals surface area contributed by atoms with Gasteiger partial charge >= 0.3 is 5.97 Å². The number of unbranched alkanes of at least 4 members (excludes halogenated alkanes) is 1. The number of hydrogen-bond acceptors (Lipinski definition) is 3. The number of nitrogens with one attached hydrogen (secondary N) is 1. The lowest BCUT2D eigenvalue weighted by Gasteiger charge is -2.14. The maximum atomic E-state index is 11.4. The average Bonchev–Trinajstić information content (AvgIpc) is 2.74. The van der Waals surface area contributed by atoms with Crippen LogP contribution in [0.3, 0.4) is 0 Å². The molecule has 6 heteroatoms. The summed E-state index contributed by atoms with van der Waals surface area (Å²) in [5.74, 6) is -0.881. The molecule has 0 saturated carbocycles. The van der Waals surface area contributed by atoms with Crippen LogP contribution in [0.2, 0.25) is 0 Å². The monoisotopic (exact) mass is 268 g/mol. The average molecular weight is 268 g/mol. The van der Waals surface area contributed by atoms with Crippen LogP contribution in [0.15, 0.2) is 12.2 Å². The summed E-state index contributed by atoms with van der Waals surface area (Å²) in [7, 11) is 0. The first-order valence-electron chi connectivity index (χ1n) is 6.53. The van der Waals surface area contributed by atoms with Crippen molar-refractivity contribution in [1.82, 2.24) is 10.2 Å². The molecular formula is C13H20N2O4. The van der Waals surface area contributed by atoms with E-state index in [4.69, 9.17) is 5.11 Å². The van der Waals surface area contributed by atoms with Gasteiger partial charge in [-0.3, -0.25) is 14.4 Å². The smallest absolute Gasteiger partial charge is 0.303 e. The largest absolute Gasteiger partial charge is 0.481 e. The minimum absolute atomic E-state index is 0.114. The number of likely N-dealkylation sites (tertiary alicyclic amines) is 1. The van der Waals surface area contributed by atoms with Crippen LogP contribution in [0.1, 0.15) is 32.1 Å². The molecule has 2 amide bonds. The van der Waals surface area contributed by atoms with Crippen molar-refractivity contribution in [3.63, 3.8) is 0 Å². The highest BCUT2D eigenvalue weighted by Crippen LogP contribution is 2.07. The van der Waals surface area contributed by atoms with Gasteiger partial charge in [0.2, 0.25) is 11.8 Å². The number of carboxylic acids is 1. The second-order valence-electron chi connectivity index (χ2n) is 4.46. The van der Waals surface area contributed by atoms with Crippen LogP contribution in [-0.2, 0) is 14.4 Å². The molecule has 1 aliphatic heterocycles. The second-order valence-corrected chi connectivity index (χ2v) is 4.46. The predicted molar refractivity (Wildman–Crippen MR) is 69.5 cm³/mol. The molecule has 0 spiro atoms. The molecule has 0 bridgehead atoms. The Labute approximate surface area is 112 Å². The number of hydrogen-bond donors (Lipinski definition) is 2. The molecule has 1 fully saturated rings. The van der Waals surface area contributed by atoms with E-state index >= 15 is 0 Å². The molecule has 1 saturated heterocycles. The molecule has 6 nitrogen and oxygen atoms in total. The summed E-state index contributed by atoms with van der Waals surface area (Å²) in [5.41, 5.74) is 0. The molecule has 1 heterocycles. The van der Waals surface area contributed by atoms with E-state index in [-0.39, 0.29) is 18.2 Å². The molecule has 0 unspecified atom stereocenters. The van der Waals surface area contributed by atoms with Crippen LogP contribution in [0.4, 0.5) is 0 Å². The SMILES string of the molecule is O=C(O)CCC/C=C\C(=O)NCCN1CCCC1=O. The molecule has 0 radical (unpaired) electrons. The number of carboxylic acid groups (broad SMARTS) is 1. The molecule has 2 N–H and O–H groups in total. The second kappa shape index (κ2) is 8.29. The molecule has 0 aliphatic carbocycles. The maximum Gasteiger partial charge on any atom is 0.303 e. The lowest BCUT2D eigenvalue weighted by molar-refractivity contribution is -0.137. The van der Waals surface area contributed by atoms with E-state index in [1.54, 1.807) is 11.0 Å². The van der Waals surface area contributed by atoms with Crippen LogP contribution < -0.4 is 5.32 Å². The van der Waals surface area contributed by atoms with Crippen LogP contribution in [-0.4, -0.2) is 47.4 Å². The van der Waals surface area contributed by atoms with Crippen molar-refractivity contribution in [3.05, 3.63) is 12.2 Å². The predicted octanol–water partition coefficient (Wildman–Crippen LogP) is 0.536. The summed E-state index contributed by atoms with van der Waals surface area (Å²) in [6, 6.07) is 0. The van der Waals surface area contributed by atoms with E-state index in [2.05, 4.69) is 5.32 Å². The third-order valence-corrected chi connectivity index (χ3v) is 2.88. The zero-order valence-corrected chi connectivity index (χ0v) is 10.9. The van der Waals surface area contributed by atoms with Crippen molar-refractivity contribution in [2.75, 3.05) is 19.6 Å². The third kappa shape index (κ3) is 6.59. The molecule has 1 rings (SSSR count). The van der Waals surface area contributed by atoms with Crippen molar-refractivity contribution in [3.8, 4) is 0 Å². The van der Waals surface area contributed by atoms with Crippen LogP contribution in [0.25, 0.3) is 0 Å². The molecule has 19 heavy (non-hydrogen) atoms. The Morgan fingerprint density at radius 2 is 2.21 bits per heavy atom. The lowest BCUT2D eigenvalue weighted by atomic mass is 10.2.